The van der Waals surface area contributed by atoms with Crippen LogP contribution < -0.4 is 0 Å². The number of rotatable bonds is 5. The van der Waals surface area contributed by atoms with Gasteiger partial charge in [-0.25, -0.2) is 17.8 Å². The number of hydrogen-bond acceptors (Lipinski definition) is 6. The minimum atomic E-state index is -3.26. The first-order chi connectivity index (χ1) is 17.8. The first-order valence-electron chi connectivity index (χ1n) is 13.3. The van der Waals surface area contributed by atoms with E-state index in [1.807, 2.05) is 17.7 Å². The van der Waals surface area contributed by atoms with Crippen molar-refractivity contribution in [1.29, 1.82) is 0 Å². The summed E-state index contributed by atoms with van der Waals surface area (Å²) in [5, 5.41) is 0. The number of hydrogen-bond donors (Lipinski definition) is 0. The maximum absolute atomic E-state index is 15.4. The predicted molar refractivity (Wildman–Crippen MR) is 142 cm³/mol. The first-order valence-corrected chi connectivity index (χ1v) is 15.2. The van der Waals surface area contributed by atoms with E-state index >= 15 is 4.39 Å². The summed E-state index contributed by atoms with van der Waals surface area (Å²) >= 11 is 0. The highest BCUT2D eigenvalue weighted by atomic mass is 32.2. The molecule has 0 radical (unpaired) electrons. The molecule has 3 fully saturated rings. The highest BCUT2D eigenvalue weighted by Crippen LogP contribution is 2.35. The van der Waals surface area contributed by atoms with E-state index in [0.29, 0.717) is 17.9 Å². The predicted octanol–water partition coefficient (Wildman–Crippen LogP) is 3.83. The summed E-state index contributed by atoms with van der Waals surface area (Å²) in [5.74, 6) is 0.734. The van der Waals surface area contributed by atoms with Gasteiger partial charge in [0.1, 0.15) is 11.6 Å². The highest BCUT2D eigenvalue weighted by Gasteiger charge is 2.33. The van der Waals surface area contributed by atoms with E-state index in [1.165, 1.54) is 19.1 Å². The van der Waals surface area contributed by atoms with Crippen molar-refractivity contribution in [2.75, 3.05) is 45.6 Å². The van der Waals surface area contributed by atoms with Gasteiger partial charge < -0.3 is 14.2 Å². The van der Waals surface area contributed by atoms with Crippen LogP contribution in [-0.4, -0.2) is 85.5 Å². The van der Waals surface area contributed by atoms with Crippen molar-refractivity contribution < 1.29 is 17.5 Å². The molecular weight excluding hydrogens is 491 g/mol. The number of piperidine rings is 2. The number of nitrogens with zero attached hydrogens (tertiary/aromatic N) is 4. The lowest BCUT2D eigenvalue weighted by atomic mass is 9.87. The number of aromatic nitrogens is 2. The summed E-state index contributed by atoms with van der Waals surface area (Å²) in [6.07, 6.45) is 5.55. The van der Waals surface area contributed by atoms with Gasteiger partial charge in [0.2, 0.25) is 0 Å². The van der Waals surface area contributed by atoms with Crippen molar-refractivity contribution in [2.45, 2.75) is 48.6 Å². The monoisotopic (exact) mass is 526 g/mol. The number of benzene rings is 2. The summed E-state index contributed by atoms with van der Waals surface area (Å²) in [5.41, 5.74) is 3.08. The Balaban J connectivity index is 1.15. The number of ether oxygens (including phenoxy) is 1. The molecule has 4 heterocycles. The van der Waals surface area contributed by atoms with Crippen LogP contribution in [0.2, 0.25) is 0 Å². The van der Waals surface area contributed by atoms with Crippen LogP contribution in [0, 0.1) is 5.82 Å². The van der Waals surface area contributed by atoms with Crippen LogP contribution in [-0.2, 0) is 21.6 Å². The standard InChI is InChI=1S/C28H35FN4O3S/c1-31-27-16-25(29)24(15-26(27)30-28(31)20-3-5-23(6-4-20)37(2,34)35)19-7-11-32(12-8-19)21-9-13-33(14-10-21)22-17-36-18-22/h3-6,15-16,19,21-22H,7-14,17-18H2,1-2H3. The molecule has 0 amide bonds. The summed E-state index contributed by atoms with van der Waals surface area (Å²) in [7, 11) is -1.39. The van der Waals surface area contributed by atoms with E-state index in [9.17, 15) is 8.42 Å². The second-order valence-corrected chi connectivity index (χ2v) is 12.9. The lowest BCUT2D eigenvalue weighted by Gasteiger charge is -2.45. The Labute approximate surface area is 218 Å². The number of fused-ring (bicyclic) bond motifs is 1. The number of halogens is 1. The molecule has 1 aromatic heterocycles. The fourth-order valence-electron chi connectivity index (χ4n) is 6.28. The summed E-state index contributed by atoms with van der Waals surface area (Å²) in [4.78, 5) is 10.3. The number of aryl methyl sites for hydroxylation is 1. The first kappa shape index (κ1) is 25.0. The molecule has 3 saturated heterocycles. The van der Waals surface area contributed by atoms with Crippen LogP contribution >= 0.6 is 0 Å². The van der Waals surface area contributed by atoms with Crippen molar-refractivity contribution in [3.63, 3.8) is 0 Å². The maximum atomic E-state index is 15.4. The lowest BCUT2D eigenvalue weighted by molar-refractivity contribution is -0.0768. The van der Waals surface area contributed by atoms with Gasteiger partial charge in [-0.15, -0.1) is 0 Å². The molecular formula is C28H35FN4O3S. The van der Waals surface area contributed by atoms with Gasteiger partial charge in [-0.2, -0.15) is 0 Å². The molecule has 0 bridgehead atoms. The number of imidazole rings is 1. The van der Waals surface area contributed by atoms with Crippen molar-refractivity contribution in [3.8, 4) is 11.4 Å². The van der Waals surface area contributed by atoms with Crippen LogP contribution in [0.25, 0.3) is 22.4 Å². The van der Waals surface area contributed by atoms with Crippen molar-refractivity contribution in [2.24, 2.45) is 7.05 Å². The van der Waals surface area contributed by atoms with Crippen LogP contribution in [0.1, 0.15) is 37.2 Å². The average molecular weight is 527 g/mol. The molecule has 0 atom stereocenters. The van der Waals surface area contributed by atoms with Crippen LogP contribution in [0.15, 0.2) is 41.3 Å². The third kappa shape index (κ3) is 4.82. The Morgan fingerprint density at radius 1 is 0.919 bits per heavy atom. The maximum Gasteiger partial charge on any atom is 0.175 e. The van der Waals surface area contributed by atoms with Crippen LogP contribution in [0.3, 0.4) is 0 Å². The Bertz CT molecular complexity index is 1390. The zero-order valence-electron chi connectivity index (χ0n) is 21.6. The second kappa shape index (κ2) is 9.76. The molecule has 7 nitrogen and oxygen atoms in total. The summed E-state index contributed by atoms with van der Waals surface area (Å²) in [6.45, 7) is 6.11. The van der Waals surface area contributed by atoms with Gasteiger partial charge in [0, 0.05) is 44.1 Å². The van der Waals surface area contributed by atoms with Gasteiger partial charge in [-0.1, -0.05) is 0 Å². The van der Waals surface area contributed by atoms with E-state index in [1.54, 1.807) is 30.3 Å². The molecule has 9 heteroatoms. The molecule has 3 aliphatic heterocycles. The normalized spacial score (nSPS) is 21.5. The molecule has 3 aromatic rings. The molecule has 2 aromatic carbocycles. The van der Waals surface area contributed by atoms with E-state index in [4.69, 9.17) is 9.72 Å². The molecule has 198 valence electrons. The van der Waals surface area contributed by atoms with Crippen molar-refractivity contribution in [1.82, 2.24) is 19.4 Å². The SMILES string of the molecule is Cn1c(-c2ccc(S(C)(=O)=O)cc2)nc2cc(C3CCN(C4CCN(C5COC5)CC4)CC3)c(F)cc21. The topological polar surface area (TPSA) is 67.7 Å². The van der Waals surface area contributed by atoms with Crippen molar-refractivity contribution >= 4 is 20.9 Å². The molecule has 6 rings (SSSR count). The smallest absolute Gasteiger partial charge is 0.175 e. The fraction of sp³-hybridized carbons (Fsp3) is 0.536. The molecule has 3 aliphatic rings. The van der Waals surface area contributed by atoms with Gasteiger partial charge in [0.15, 0.2) is 9.84 Å². The van der Waals surface area contributed by atoms with Gasteiger partial charge in [0.25, 0.3) is 0 Å². The van der Waals surface area contributed by atoms with Gasteiger partial charge in [0.05, 0.1) is 35.2 Å². The quantitative estimate of drug-likeness (QED) is 0.504. The second-order valence-electron chi connectivity index (χ2n) is 10.9. The van der Waals surface area contributed by atoms with E-state index < -0.39 is 9.84 Å². The Morgan fingerprint density at radius 2 is 1.54 bits per heavy atom. The van der Waals surface area contributed by atoms with E-state index in [-0.39, 0.29) is 16.6 Å². The van der Waals surface area contributed by atoms with Gasteiger partial charge >= 0.3 is 0 Å². The summed E-state index contributed by atoms with van der Waals surface area (Å²) in [6, 6.07) is 11.5. The largest absolute Gasteiger partial charge is 0.378 e. The van der Waals surface area contributed by atoms with Gasteiger partial charge in [-0.05, 0) is 80.6 Å². The fourth-order valence-corrected chi connectivity index (χ4v) is 6.91. The summed E-state index contributed by atoms with van der Waals surface area (Å²) < 4.78 is 46.2. The third-order valence-corrected chi connectivity index (χ3v) is 9.79. The van der Waals surface area contributed by atoms with Gasteiger partial charge in [-0.3, -0.25) is 4.90 Å². The lowest BCUT2D eigenvalue weighted by Crippen LogP contribution is -2.55. The Hall–Kier alpha value is -2.33. The average Bonchev–Trinajstić information content (AvgIpc) is 3.18. The molecule has 37 heavy (non-hydrogen) atoms. The Kier molecular flexibility index (Phi) is 6.59. The zero-order chi connectivity index (χ0) is 25.7. The molecule has 0 unspecified atom stereocenters. The van der Waals surface area contributed by atoms with Crippen LogP contribution in [0.4, 0.5) is 4.39 Å². The third-order valence-electron chi connectivity index (χ3n) is 8.66. The van der Waals surface area contributed by atoms with E-state index in [2.05, 4.69) is 9.80 Å². The molecule has 0 spiro atoms. The highest BCUT2D eigenvalue weighted by molar-refractivity contribution is 7.90. The number of sulfone groups is 1. The molecule has 0 N–H and O–H groups in total. The number of likely N-dealkylation sites (tertiary alicyclic amines) is 2. The minimum Gasteiger partial charge on any atom is -0.378 e. The van der Waals surface area contributed by atoms with Crippen LogP contribution in [0.5, 0.6) is 0 Å². The van der Waals surface area contributed by atoms with Crippen molar-refractivity contribution in [3.05, 3.63) is 47.8 Å². The van der Waals surface area contributed by atoms with E-state index in [0.717, 1.165) is 74.4 Å². The Morgan fingerprint density at radius 3 is 2.14 bits per heavy atom. The minimum absolute atomic E-state index is 0.163. The zero-order valence-corrected chi connectivity index (χ0v) is 22.4. The molecule has 0 saturated carbocycles. The molecule has 0 aliphatic carbocycles.